The van der Waals surface area contributed by atoms with Gasteiger partial charge < -0.3 is 10.6 Å². The summed E-state index contributed by atoms with van der Waals surface area (Å²) < 4.78 is 0. The van der Waals surface area contributed by atoms with Crippen molar-refractivity contribution in [3.8, 4) is 0 Å². The number of urea groups is 2. The Balaban J connectivity index is 2.12. The van der Waals surface area contributed by atoms with Gasteiger partial charge in [-0.05, 0) is 23.5 Å². The van der Waals surface area contributed by atoms with E-state index in [0.717, 1.165) is 10.5 Å². The summed E-state index contributed by atoms with van der Waals surface area (Å²) in [5.74, 6) is -0.998. The first-order valence-corrected chi connectivity index (χ1v) is 8.75. The van der Waals surface area contributed by atoms with Gasteiger partial charge in [-0.1, -0.05) is 45.0 Å². The number of rotatable bonds is 4. The number of hydrogen-bond acceptors (Lipinski definition) is 4. The van der Waals surface area contributed by atoms with Crippen LogP contribution in [0.15, 0.2) is 24.3 Å². The van der Waals surface area contributed by atoms with Crippen LogP contribution in [-0.4, -0.2) is 42.4 Å². The molecule has 6 amide bonds. The Morgan fingerprint density at radius 3 is 2.26 bits per heavy atom. The van der Waals surface area contributed by atoms with Crippen LogP contribution in [0.25, 0.3) is 0 Å². The van der Waals surface area contributed by atoms with Crippen molar-refractivity contribution in [2.24, 2.45) is 0 Å². The molecule has 0 saturated carbocycles. The number of benzene rings is 1. The summed E-state index contributed by atoms with van der Waals surface area (Å²) in [6.07, 6.45) is -0.161. The van der Waals surface area contributed by atoms with Gasteiger partial charge in [0.15, 0.2) is 0 Å². The zero-order valence-electron chi connectivity index (χ0n) is 16.3. The van der Waals surface area contributed by atoms with Crippen LogP contribution in [-0.2, 0) is 20.5 Å². The summed E-state index contributed by atoms with van der Waals surface area (Å²) in [4.78, 5) is 49.0. The second-order valence-corrected chi connectivity index (χ2v) is 7.72. The maximum atomic E-state index is 12.8. The Morgan fingerprint density at radius 1 is 1.15 bits per heavy atom. The van der Waals surface area contributed by atoms with Gasteiger partial charge in [-0.3, -0.25) is 19.8 Å². The van der Waals surface area contributed by atoms with E-state index in [1.807, 2.05) is 24.3 Å². The average molecular weight is 374 g/mol. The van der Waals surface area contributed by atoms with Crippen LogP contribution >= 0.6 is 0 Å². The smallest absolute Gasteiger partial charge is 0.325 e. The summed E-state index contributed by atoms with van der Waals surface area (Å²) in [6.45, 7) is 7.82. The maximum Gasteiger partial charge on any atom is 0.325 e. The molecule has 1 aliphatic rings. The summed E-state index contributed by atoms with van der Waals surface area (Å²) in [6, 6.07) is 6.36. The van der Waals surface area contributed by atoms with Crippen molar-refractivity contribution in [2.45, 2.75) is 45.1 Å². The molecule has 1 aliphatic heterocycles. The van der Waals surface area contributed by atoms with Crippen molar-refractivity contribution in [3.63, 3.8) is 0 Å². The Bertz CT molecular complexity index is 767. The molecule has 0 spiro atoms. The molecule has 0 radical (unpaired) electrons. The zero-order chi connectivity index (χ0) is 20.4. The highest BCUT2D eigenvalue weighted by atomic mass is 16.2. The van der Waals surface area contributed by atoms with E-state index in [9.17, 15) is 19.2 Å². The van der Waals surface area contributed by atoms with E-state index in [1.54, 1.807) is 6.92 Å². The van der Waals surface area contributed by atoms with Gasteiger partial charge in [0, 0.05) is 20.0 Å². The normalized spacial score (nSPS) is 19.7. The van der Waals surface area contributed by atoms with Gasteiger partial charge in [0.2, 0.25) is 5.91 Å². The van der Waals surface area contributed by atoms with E-state index in [-0.39, 0.29) is 18.4 Å². The Labute approximate surface area is 158 Å². The molecule has 1 aromatic rings. The minimum Gasteiger partial charge on any atom is -0.341 e. The van der Waals surface area contributed by atoms with Crippen molar-refractivity contribution in [1.82, 2.24) is 20.9 Å². The largest absolute Gasteiger partial charge is 0.341 e. The SMILES string of the molecule is CNC(=O)NC(=O)CCN1C(=O)NC(C)(c2ccc(C(C)(C)C)cc2)C1=O. The topological polar surface area (TPSA) is 108 Å². The second kappa shape index (κ2) is 7.38. The molecule has 27 heavy (non-hydrogen) atoms. The number of hydrogen-bond donors (Lipinski definition) is 3. The van der Waals surface area contributed by atoms with Crippen LogP contribution in [0, 0.1) is 0 Å². The Kier molecular flexibility index (Phi) is 5.58. The first-order chi connectivity index (χ1) is 12.5. The fourth-order valence-corrected chi connectivity index (χ4v) is 2.86. The van der Waals surface area contributed by atoms with Crippen LogP contribution in [0.5, 0.6) is 0 Å². The molecule has 1 unspecified atom stereocenters. The fourth-order valence-electron chi connectivity index (χ4n) is 2.86. The predicted molar refractivity (Wildman–Crippen MR) is 100.0 cm³/mol. The molecular formula is C19H26N4O4. The highest BCUT2D eigenvalue weighted by Gasteiger charge is 2.48. The van der Waals surface area contributed by atoms with E-state index in [1.165, 1.54) is 7.05 Å². The fraction of sp³-hybridized carbons (Fsp3) is 0.474. The van der Waals surface area contributed by atoms with Crippen LogP contribution in [0.2, 0.25) is 0 Å². The molecule has 8 heteroatoms. The summed E-state index contributed by atoms with van der Waals surface area (Å²) in [5, 5.41) is 7.06. The second-order valence-electron chi connectivity index (χ2n) is 7.72. The minimum atomic E-state index is -1.19. The molecule has 3 N–H and O–H groups in total. The molecule has 1 heterocycles. The van der Waals surface area contributed by atoms with Crippen molar-refractivity contribution in [2.75, 3.05) is 13.6 Å². The van der Waals surface area contributed by atoms with Gasteiger partial charge in [0.1, 0.15) is 5.54 Å². The number of amides is 6. The molecule has 1 saturated heterocycles. The Hall–Kier alpha value is -2.90. The molecular weight excluding hydrogens is 348 g/mol. The number of carbonyl (C=O) groups excluding carboxylic acids is 4. The van der Waals surface area contributed by atoms with Crippen molar-refractivity contribution in [3.05, 3.63) is 35.4 Å². The number of nitrogens with one attached hydrogen (secondary N) is 3. The lowest BCUT2D eigenvalue weighted by Crippen LogP contribution is -2.42. The first-order valence-electron chi connectivity index (χ1n) is 8.75. The standard InChI is InChI=1S/C19H26N4O4/c1-18(2,3)12-6-8-13(9-7-12)19(4)15(25)23(17(27)22-19)11-10-14(24)21-16(26)20-5/h6-9H,10-11H2,1-5H3,(H,22,27)(H2,20,21,24,26). The van der Waals surface area contributed by atoms with Crippen molar-refractivity contribution < 1.29 is 19.2 Å². The Morgan fingerprint density at radius 2 is 1.74 bits per heavy atom. The van der Waals surface area contributed by atoms with E-state index < -0.39 is 29.4 Å². The summed E-state index contributed by atoms with van der Waals surface area (Å²) >= 11 is 0. The highest BCUT2D eigenvalue weighted by molar-refractivity contribution is 6.07. The molecule has 2 rings (SSSR count). The molecule has 8 nitrogen and oxygen atoms in total. The van der Waals surface area contributed by atoms with Gasteiger partial charge in [-0.15, -0.1) is 0 Å². The zero-order valence-corrected chi connectivity index (χ0v) is 16.3. The van der Waals surface area contributed by atoms with Gasteiger partial charge in [0.25, 0.3) is 5.91 Å². The quantitative estimate of drug-likeness (QED) is 0.696. The van der Waals surface area contributed by atoms with Gasteiger partial charge in [-0.25, -0.2) is 9.59 Å². The van der Waals surface area contributed by atoms with Crippen LogP contribution < -0.4 is 16.0 Å². The number of carbonyl (C=O) groups is 4. The van der Waals surface area contributed by atoms with Gasteiger partial charge >= 0.3 is 12.1 Å². The molecule has 1 atom stereocenters. The molecule has 146 valence electrons. The monoisotopic (exact) mass is 374 g/mol. The third kappa shape index (κ3) is 4.27. The van der Waals surface area contributed by atoms with E-state index in [0.29, 0.717) is 5.56 Å². The van der Waals surface area contributed by atoms with E-state index >= 15 is 0 Å². The third-order valence-corrected chi connectivity index (χ3v) is 4.65. The first kappa shape index (κ1) is 20.4. The lowest BCUT2D eigenvalue weighted by molar-refractivity contribution is -0.131. The molecule has 1 aromatic carbocycles. The number of nitrogens with zero attached hydrogens (tertiary/aromatic N) is 1. The molecule has 1 fully saturated rings. The van der Waals surface area contributed by atoms with Crippen molar-refractivity contribution >= 4 is 23.9 Å². The van der Waals surface area contributed by atoms with Crippen LogP contribution in [0.4, 0.5) is 9.59 Å². The number of imide groups is 2. The molecule has 0 bridgehead atoms. The predicted octanol–water partition coefficient (Wildman–Crippen LogP) is 1.60. The van der Waals surface area contributed by atoms with Gasteiger partial charge in [-0.2, -0.15) is 0 Å². The average Bonchev–Trinajstić information content (AvgIpc) is 2.82. The van der Waals surface area contributed by atoms with E-state index in [2.05, 4.69) is 36.7 Å². The van der Waals surface area contributed by atoms with Crippen LogP contribution in [0.1, 0.15) is 45.2 Å². The lowest BCUT2D eigenvalue weighted by Gasteiger charge is -2.24. The minimum absolute atomic E-state index is 0.0213. The maximum absolute atomic E-state index is 12.8. The van der Waals surface area contributed by atoms with Crippen molar-refractivity contribution in [1.29, 1.82) is 0 Å². The summed E-state index contributed by atoms with van der Waals surface area (Å²) in [7, 11) is 1.39. The molecule has 0 aromatic heterocycles. The van der Waals surface area contributed by atoms with Gasteiger partial charge in [0.05, 0.1) is 0 Å². The lowest BCUT2D eigenvalue weighted by atomic mass is 9.84. The van der Waals surface area contributed by atoms with Crippen LogP contribution in [0.3, 0.4) is 0 Å². The molecule has 0 aliphatic carbocycles. The van der Waals surface area contributed by atoms with E-state index in [4.69, 9.17) is 0 Å². The third-order valence-electron chi connectivity index (χ3n) is 4.65. The highest BCUT2D eigenvalue weighted by Crippen LogP contribution is 2.31. The summed E-state index contributed by atoms with van der Waals surface area (Å²) in [5.41, 5.74) is 0.581.